The maximum Gasteiger partial charge on any atom is 0.411 e. The number of para-hydroxylation sites is 1. The molecule has 5 rings (SSSR count). The van der Waals surface area contributed by atoms with Crippen LogP contribution in [0.3, 0.4) is 0 Å². The van der Waals surface area contributed by atoms with Crippen molar-refractivity contribution < 1.29 is 23.5 Å². The Balaban J connectivity index is 1.03. The molecule has 10 nitrogen and oxygen atoms in total. The number of rotatable bonds is 12. The molecular formula is C35H39N5O5. The zero-order chi connectivity index (χ0) is 31.4. The van der Waals surface area contributed by atoms with Crippen LogP contribution < -0.4 is 16.1 Å². The molecule has 1 saturated heterocycles. The molecule has 3 aromatic carbocycles. The van der Waals surface area contributed by atoms with E-state index in [4.69, 9.17) is 9.15 Å². The smallest absolute Gasteiger partial charge is 0.411 e. The van der Waals surface area contributed by atoms with Gasteiger partial charge < -0.3 is 19.4 Å². The predicted molar refractivity (Wildman–Crippen MR) is 173 cm³/mol. The third kappa shape index (κ3) is 9.04. The van der Waals surface area contributed by atoms with Gasteiger partial charge in [0, 0.05) is 49.4 Å². The summed E-state index contributed by atoms with van der Waals surface area (Å²) in [4.78, 5) is 40.7. The second-order valence-electron chi connectivity index (χ2n) is 10.8. The number of hydrazine groups is 1. The zero-order valence-corrected chi connectivity index (χ0v) is 25.4. The van der Waals surface area contributed by atoms with Crippen LogP contribution in [0, 0.1) is 0 Å². The Hall–Kier alpha value is -4.93. The molecule has 0 radical (unpaired) electrons. The summed E-state index contributed by atoms with van der Waals surface area (Å²) in [5.74, 6) is 0.405. The maximum atomic E-state index is 13.0. The van der Waals surface area contributed by atoms with E-state index >= 15 is 0 Å². The maximum absolute atomic E-state index is 13.0. The third-order valence-electron chi connectivity index (χ3n) is 7.69. The van der Waals surface area contributed by atoms with E-state index in [1.807, 2.05) is 67.6 Å². The Morgan fingerprint density at radius 1 is 0.911 bits per heavy atom. The van der Waals surface area contributed by atoms with Crippen LogP contribution >= 0.6 is 0 Å². The van der Waals surface area contributed by atoms with Gasteiger partial charge in [-0.05, 0) is 61.7 Å². The van der Waals surface area contributed by atoms with Crippen LogP contribution in [0.2, 0.25) is 0 Å². The molecule has 234 valence electrons. The van der Waals surface area contributed by atoms with Gasteiger partial charge in [-0.25, -0.2) is 10.2 Å². The average molecular weight is 610 g/mol. The minimum atomic E-state index is -0.465. The number of carbonyl (C=O) groups excluding carboxylic acids is 3. The number of furan rings is 1. The minimum Gasteiger partial charge on any atom is -0.468 e. The number of carbonyl (C=O) groups is 3. The summed E-state index contributed by atoms with van der Waals surface area (Å²) in [6.45, 7) is 4.79. The molecular weight excluding hydrogens is 570 g/mol. The largest absolute Gasteiger partial charge is 0.468 e. The van der Waals surface area contributed by atoms with Crippen LogP contribution in [0.5, 0.6) is 0 Å². The van der Waals surface area contributed by atoms with Crippen molar-refractivity contribution in [2.75, 3.05) is 36.8 Å². The van der Waals surface area contributed by atoms with Gasteiger partial charge in [-0.3, -0.25) is 19.9 Å². The average Bonchev–Trinajstić information content (AvgIpc) is 3.59. The minimum absolute atomic E-state index is 0.127. The molecule has 2 heterocycles. The number of piperidine rings is 1. The normalized spacial score (nSPS) is 13.6. The molecule has 3 amide bonds. The number of hydrogen-bond donors (Lipinski definition) is 3. The van der Waals surface area contributed by atoms with Crippen LogP contribution in [0.4, 0.5) is 16.2 Å². The molecule has 0 aliphatic carbocycles. The first kappa shape index (κ1) is 31.5. The summed E-state index contributed by atoms with van der Waals surface area (Å²) >= 11 is 0. The van der Waals surface area contributed by atoms with Gasteiger partial charge in [0.1, 0.15) is 11.9 Å². The van der Waals surface area contributed by atoms with Crippen molar-refractivity contribution >= 4 is 29.3 Å². The monoisotopic (exact) mass is 609 g/mol. The summed E-state index contributed by atoms with van der Waals surface area (Å²) in [6.07, 6.45) is 2.64. The highest BCUT2D eigenvalue weighted by Crippen LogP contribution is 2.28. The van der Waals surface area contributed by atoms with Crippen molar-refractivity contribution in [3.05, 3.63) is 109 Å². The topological polar surface area (TPSA) is 116 Å². The van der Waals surface area contributed by atoms with Crippen LogP contribution in [-0.4, -0.2) is 60.1 Å². The number of amides is 3. The molecule has 1 aromatic heterocycles. The van der Waals surface area contributed by atoms with Crippen LogP contribution in [0.15, 0.2) is 102 Å². The first-order valence-electron chi connectivity index (χ1n) is 15.3. The lowest BCUT2D eigenvalue weighted by atomic mass is 10.0. The van der Waals surface area contributed by atoms with Crippen molar-refractivity contribution in [1.29, 1.82) is 0 Å². The molecule has 1 aliphatic heterocycles. The van der Waals surface area contributed by atoms with E-state index in [9.17, 15) is 14.4 Å². The van der Waals surface area contributed by atoms with Gasteiger partial charge >= 0.3 is 6.09 Å². The van der Waals surface area contributed by atoms with Crippen molar-refractivity contribution in [3.8, 4) is 11.1 Å². The molecule has 45 heavy (non-hydrogen) atoms. The number of anilines is 2. The number of nitrogens with zero attached hydrogens (tertiary/aromatic N) is 2. The summed E-state index contributed by atoms with van der Waals surface area (Å²) in [6, 6.07) is 28.1. The molecule has 3 N–H and O–H groups in total. The molecule has 0 spiro atoms. The van der Waals surface area contributed by atoms with Crippen molar-refractivity contribution in [1.82, 2.24) is 15.3 Å². The lowest BCUT2D eigenvalue weighted by molar-refractivity contribution is -0.116. The fourth-order valence-corrected chi connectivity index (χ4v) is 5.29. The molecule has 1 aliphatic rings. The third-order valence-corrected chi connectivity index (χ3v) is 7.69. The highest BCUT2D eigenvalue weighted by atomic mass is 16.6. The van der Waals surface area contributed by atoms with Crippen molar-refractivity contribution in [2.24, 2.45) is 0 Å². The second-order valence-corrected chi connectivity index (χ2v) is 10.8. The Labute approximate surface area is 263 Å². The lowest BCUT2D eigenvalue weighted by Crippen LogP contribution is -2.42. The van der Waals surface area contributed by atoms with E-state index < -0.39 is 6.09 Å². The van der Waals surface area contributed by atoms with E-state index in [-0.39, 0.29) is 17.9 Å². The number of likely N-dealkylation sites (tertiary alicyclic amines) is 1. The van der Waals surface area contributed by atoms with Crippen LogP contribution in [0.1, 0.15) is 42.3 Å². The highest BCUT2D eigenvalue weighted by molar-refractivity contribution is 5.97. The van der Waals surface area contributed by atoms with Gasteiger partial charge in [-0.1, -0.05) is 54.6 Å². The lowest BCUT2D eigenvalue weighted by Gasteiger charge is -2.31. The molecule has 4 aromatic rings. The number of benzene rings is 3. The van der Waals surface area contributed by atoms with Crippen LogP contribution in [-0.2, 0) is 16.1 Å². The zero-order valence-electron chi connectivity index (χ0n) is 25.4. The number of ether oxygens (including phenoxy) is 1. The molecule has 0 unspecified atom stereocenters. The first-order valence-corrected chi connectivity index (χ1v) is 15.3. The van der Waals surface area contributed by atoms with Gasteiger partial charge in [0.25, 0.3) is 5.91 Å². The predicted octanol–water partition coefficient (Wildman–Crippen LogP) is 6.16. The van der Waals surface area contributed by atoms with Gasteiger partial charge in [0.05, 0.1) is 18.5 Å². The molecule has 10 heteroatoms. The standard InChI is InChI=1S/C35H39N5O5/c1-2-40(36-25-30-14-9-23-44-30)34(42)27-12-8-13-28(24-27)37-33(41)19-22-39-20-17-29(18-21-39)45-35(43)38-32-16-7-6-15-31(32)26-10-4-3-5-11-26/h3-16,23-24,29,36H,2,17-22,25H2,1H3,(H,37,41)(H,38,43). The highest BCUT2D eigenvalue weighted by Gasteiger charge is 2.23. The summed E-state index contributed by atoms with van der Waals surface area (Å²) in [7, 11) is 0. The van der Waals surface area contributed by atoms with Gasteiger partial charge in [0.15, 0.2) is 0 Å². The van der Waals surface area contributed by atoms with Crippen molar-refractivity contribution in [3.63, 3.8) is 0 Å². The van der Waals surface area contributed by atoms with Gasteiger partial charge in [0.2, 0.25) is 5.91 Å². The first-order chi connectivity index (χ1) is 22.0. The molecule has 0 saturated carbocycles. The fourth-order valence-electron chi connectivity index (χ4n) is 5.29. The number of hydrogen-bond acceptors (Lipinski definition) is 7. The molecule has 1 fully saturated rings. The Kier molecular flexibility index (Phi) is 11.0. The Morgan fingerprint density at radius 2 is 1.69 bits per heavy atom. The van der Waals surface area contributed by atoms with E-state index in [2.05, 4.69) is 21.0 Å². The summed E-state index contributed by atoms with van der Waals surface area (Å²) in [5.41, 5.74) is 6.78. The molecule has 0 bridgehead atoms. The summed E-state index contributed by atoms with van der Waals surface area (Å²) < 4.78 is 11.1. The Morgan fingerprint density at radius 3 is 2.44 bits per heavy atom. The van der Waals surface area contributed by atoms with E-state index in [0.29, 0.717) is 55.8 Å². The van der Waals surface area contributed by atoms with E-state index in [1.54, 1.807) is 36.6 Å². The van der Waals surface area contributed by atoms with Crippen LogP contribution in [0.25, 0.3) is 11.1 Å². The molecule has 0 atom stereocenters. The van der Waals surface area contributed by atoms with Gasteiger partial charge in [-0.15, -0.1) is 0 Å². The van der Waals surface area contributed by atoms with Crippen molar-refractivity contribution in [2.45, 2.75) is 38.8 Å². The Bertz CT molecular complexity index is 1550. The SMILES string of the molecule is CCN(NCc1ccco1)C(=O)c1cccc(NC(=O)CCN2CCC(OC(=O)Nc3ccccc3-c3ccccc3)CC2)c1. The quantitative estimate of drug-likeness (QED) is 0.165. The van der Waals surface area contributed by atoms with E-state index in [1.165, 1.54) is 5.01 Å². The van der Waals surface area contributed by atoms with E-state index in [0.717, 1.165) is 30.0 Å². The number of nitrogens with one attached hydrogen (secondary N) is 3. The van der Waals surface area contributed by atoms with Gasteiger partial charge in [-0.2, -0.15) is 0 Å². The second kappa shape index (κ2) is 15.7. The summed E-state index contributed by atoms with van der Waals surface area (Å²) in [5, 5.41) is 7.34. The fraction of sp³-hybridized carbons (Fsp3) is 0.286.